The number of hydrogen-bond donors (Lipinski definition) is 0. The van der Waals surface area contributed by atoms with E-state index < -0.39 is 0 Å². The third-order valence-electron chi connectivity index (χ3n) is 12.5. The Morgan fingerprint density at radius 1 is 0.698 bits per heavy atom. The standard InChI is InChI=1S/C56H42N5O.Pt/c1-55(2,3)38-28-29-58-51(31-38)61-47-23-12-10-21-44(47)52-37(34-57)30-41(33-50(52)61)62-40-19-15-18-39(32-40)59-35-60(49-25-14-13-24-48(49)59)54-42(36-16-7-6-8-17-36)26-27-46-53(54)43-20-9-11-22-45(43)56(46,4)5;/h6-31,35H,1-5H3;/q-3;. The predicted molar refractivity (Wildman–Crippen MR) is 251 cm³/mol. The van der Waals surface area contributed by atoms with Crippen LogP contribution in [-0.4, -0.2) is 9.55 Å². The molecule has 7 heteroatoms. The minimum Gasteiger partial charge on any atom is -0.509 e. The average Bonchev–Trinajstić information content (AvgIpc) is 3.92. The van der Waals surface area contributed by atoms with E-state index in [1.54, 1.807) is 6.07 Å². The molecule has 0 unspecified atom stereocenters. The normalized spacial score (nSPS) is 13.7. The molecular weight excluding hydrogens is 954 g/mol. The molecule has 0 atom stereocenters. The van der Waals surface area contributed by atoms with E-state index in [1.165, 1.54) is 22.3 Å². The van der Waals surface area contributed by atoms with Gasteiger partial charge in [-0.3, -0.25) is 0 Å². The van der Waals surface area contributed by atoms with Crippen molar-refractivity contribution < 1.29 is 25.8 Å². The zero-order chi connectivity index (χ0) is 42.3. The van der Waals surface area contributed by atoms with Gasteiger partial charge in [-0.15, -0.1) is 42.7 Å². The predicted octanol–water partition coefficient (Wildman–Crippen LogP) is 14.1. The van der Waals surface area contributed by atoms with Crippen LogP contribution in [0, 0.1) is 30.1 Å². The van der Waals surface area contributed by atoms with Gasteiger partial charge >= 0.3 is 0 Å². The summed E-state index contributed by atoms with van der Waals surface area (Å²) < 4.78 is 8.73. The van der Waals surface area contributed by atoms with Crippen LogP contribution in [0.4, 0.5) is 22.7 Å². The Morgan fingerprint density at radius 3 is 2.22 bits per heavy atom. The number of rotatable bonds is 6. The fraction of sp³-hybridized carbons (Fsp3) is 0.125. The molecule has 11 rings (SSSR count). The van der Waals surface area contributed by atoms with Crippen LogP contribution in [0.3, 0.4) is 0 Å². The summed E-state index contributed by atoms with van der Waals surface area (Å²) in [5.41, 5.74) is 14.6. The van der Waals surface area contributed by atoms with Gasteiger partial charge in [0.2, 0.25) is 0 Å². The van der Waals surface area contributed by atoms with Crippen LogP contribution in [0.15, 0.2) is 158 Å². The van der Waals surface area contributed by atoms with Crippen LogP contribution in [-0.2, 0) is 31.9 Å². The molecule has 2 aliphatic rings. The SMILES string of the molecule is CC(C)(C)c1ccnc(-n2c3[c-]c(Oc4[c-]c(N5[CH-]N(c6c(-c7ccccc7)ccc7c6-c6ccccc6C7(C)C)c6ccccc65)ccc4)cc(C#N)c3c3ccccc32)c1.[Pt]. The Balaban J connectivity index is 0.00000471. The number of benzene rings is 7. The van der Waals surface area contributed by atoms with Gasteiger partial charge in [-0.25, -0.2) is 4.98 Å². The van der Waals surface area contributed by atoms with Crippen molar-refractivity contribution >= 4 is 44.6 Å². The maximum atomic E-state index is 10.6. The fourth-order valence-electron chi connectivity index (χ4n) is 9.49. The molecule has 310 valence electrons. The van der Waals surface area contributed by atoms with Gasteiger partial charge in [0.25, 0.3) is 0 Å². The molecule has 7 aromatic carbocycles. The Labute approximate surface area is 382 Å². The molecule has 0 saturated carbocycles. The van der Waals surface area contributed by atoms with E-state index in [0.29, 0.717) is 17.1 Å². The number of fused-ring (bicyclic) bond motifs is 7. The first-order valence-corrected chi connectivity index (χ1v) is 21.0. The molecule has 0 N–H and O–H groups in total. The number of nitrogens with zero attached hydrogens (tertiary/aromatic N) is 5. The molecule has 3 heterocycles. The smallest absolute Gasteiger partial charge is 0.135 e. The molecule has 1 aliphatic heterocycles. The fourth-order valence-corrected chi connectivity index (χ4v) is 9.49. The molecule has 0 radical (unpaired) electrons. The summed E-state index contributed by atoms with van der Waals surface area (Å²) in [4.78, 5) is 9.35. The van der Waals surface area contributed by atoms with E-state index in [0.717, 1.165) is 67.1 Å². The molecule has 0 saturated heterocycles. The number of ether oxygens (including phenoxy) is 1. The molecule has 63 heavy (non-hydrogen) atoms. The summed E-state index contributed by atoms with van der Waals surface area (Å²) in [6, 6.07) is 62.2. The van der Waals surface area contributed by atoms with E-state index in [1.807, 2.05) is 36.5 Å². The molecule has 1 aliphatic carbocycles. The maximum absolute atomic E-state index is 10.6. The van der Waals surface area contributed by atoms with Crippen molar-refractivity contribution in [1.29, 1.82) is 5.26 Å². The largest absolute Gasteiger partial charge is 0.509 e. The van der Waals surface area contributed by atoms with Crippen LogP contribution in [0.5, 0.6) is 11.5 Å². The molecule has 2 aromatic heterocycles. The van der Waals surface area contributed by atoms with Crippen LogP contribution in [0.25, 0.3) is 49.9 Å². The van der Waals surface area contributed by atoms with Gasteiger partial charge in [0.05, 0.1) is 6.07 Å². The monoisotopic (exact) mass is 995 g/mol. The second-order valence-electron chi connectivity index (χ2n) is 17.7. The summed E-state index contributed by atoms with van der Waals surface area (Å²) in [5, 5.41) is 12.4. The van der Waals surface area contributed by atoms with E-state index in [4.69, 9.17) is 9.72 Å². The van der Waals surface area contributed by atoms with Gasteiger partial charge in [0.1, 0.15) is 5.82 Å². The molecular formula is C56H42N5OPt-3. The third-order valence-corrected chi connectivity index (χ3v) is 12.5. The first-order chi connectivity index (χ1) is 30.1. The summed E-state index contributed by atoms with van der Waals surface area (Å²) in [5.74, 6) is 1.68. The Bertz CT molecular complexity index is 3300. The van der Waals surface area contributed by atoms with Crippen LogP contribution in [0.1, 0.15) is 56.9 Å². The van der Waals surface area contributed by atoms with E-state index in [-0.39, 0.29) is 31.9 Å². The van der Waals surface area contributed by atoms with Crippen molar-refractivity contribution in [3.8, 4) is 45.6 Å². The quantitative estimate of drug-likeness (QED) is 0.155. The van der Waals surface area contributed by atoms with Gasteiger partial charge < -0.3 is 19.1 Å². The molecule has 0 amide bonds. The van der Waals surface area contributed by atoms with Crippen molar-refractivity contribution in [2.75, 3.05) is 9.80 Å². The number of aromatic nitrogens is 2. The van der Waals surface area contributed by atoms with Gasteiger partial charge in [-0.05, 0) is 74.5 Å². The van der Waals surface area contributed by atoms with Gasteiger partial charge in [-0.1, -0.05) is 143 Å². The topological polar surface area (TPSA) is 57.3 Å². The van der Waals surface area contributed by atoms with E-state index in [2.05, 4.69) is 189 Å². The number of anilines is 4. The minimum absolute atomic E-state index is 0. The second kappa shape index (κ2) is 15.2. The van der Waals surface area contributed by atoms with Crippen molar-refractivity contribution in [1.82, 2.24) is 9.55 Å². The van der Waals surface area contributed by atoms with Crippen LogP contribution in [0.2, 0.25) is 0 Å². The van der Waals surface area contributed by atoms with E-state index >= 15 is 0 Å². The third kappa shape index (κ3) is 6.45. The number of pyridine rings is 1. The molecule has 0 spiro atoms. The zero-order valence-corrected chi connectivity index (χ0v) is 37.8. The van der Waals surface area contributed by atoms with Gasteiger partial charge in [0, 0.05) is 77.9 Å². The number of para-hydroxylation sites is 3. The van der Waals surface area contributed by atoms with Crippen LogP contribution >= 0.6 is 0 Å². The van der Waals surface area contributed by atoms with Crippen molar-refractivity contribution in [2.45, 2.75) is 45.4 Å². The Hall–Kier alpha value is -6.93. The maximum Gasteiger partial charge on any atom is 0.135 e. The van der Waals surface area contributed by atoms with Crippen LogP contribution < -0.4 is 14.5 Å². The first-order valence-electron chi connectivity index (χ1n) is 21.0. The number of hydrogen-bond acceptors (Lipinski definition) is 5. The average molecular weight is 996 g/mol. The molecule has 6 nitrogen and oxygen atoms in total. The first kappa shape index (κ1) is 40.2. The molecule has 0 fully saturated rings. The summed E-state index contributed by atoms with van der Waals surface area (Å²) >= 11 is 0. The van der Waals surface area contributed by atoms with Gasteiger partial charge in [0.15, 0.2) is 0 Å². The summed E-state index contributed by atoms with van der Waals surface area (Å²) in [6.45, 7) is 13.4. The molecule has 0 bridgehead atoms. The van der Waals surface area contributed by atoms with Crippen molar-refractivity contribution in [2.24, 2.45) is 0 Å². The second-order valence-corrected chi connectivity index (χ2v) is 17.7. The van der Waals surface area contributed by atoms with Crippen molar-refractivity contribution in [3.63, 3.8) is 0 Å². The minimum atomic E-state index is -0.166. The summed E-state index contributed by atoms with van der Waals surface area (Å²) in [6.07, 6.45) is 1.85. The van der Waals surface area contributed by atoms with E-state index in [9.17, 15) is 5.26 Å². The zero-order valence-electron chi connectivity index (χ0n) is 35.5. The van der Waals surface area contributed by atoms with Gasteiger partial charge in [-0.2, -0.15) is 11.3 Å². The molecule has 9 aromatic rings. The summed E-state index contributed by atoms with van der Waals surface area (Å²) in [7, 11) is 0. The van der Waals surface area contributed by atoms with Crippen molar-refractivity contribution in [3.05, 3.63) is 199 Å². The Morgan fingerprint density at radius 2 is 1.43 bits per heavy atom. The number of nitriles is 1. The Kier molecular flexibility index (Phi) is 9.66.